The highest BCUT2D eigenvalue weighted by Gasteiger charge is 2.36. The maximum absolute atomic E-state index is 11.1. The number of carbonyl (C=O) groups is 1. The Kier molecular flexibility index (Phi) is 3.51. The van der Waals surface area contributed by atoms with Crippen LogP contribution in [0, 0.1) is 5.92 Å². The van der Waals surface area contributed by atoms with E-state index in [4.69, 9.17) is 9.84 Å². The van der Waals surface area contributed by atoms with E-state index in [1.54, 1.807) is 23.0 Å². The molecule has 1 unspecified atom stereocenters. The Morgan fingerprint density at radius 2 is 2.38 bits per heavy atom. The molecule has 1 aliphatic rings. The standard InChI is InChI=1S/C13H15N5O3/c1-21-13-9(3-2-6-14-13)12-15-16-17-18(12)10(7-11(19)20)8-4-5-8/h2-3,6,8,10H,4-5,7H2,1H3,(H,19,20). The Bertz CT molecular complexity index is 653. The zero-order valence-electron chi connectivity index (χ0n) is 11.5. The average Bonchev–Trinajstić information content (AvgIpc) is 3.21. The number of ether oxygens (including phenoxy) is 1. The highest BCUT2D eigenvalue weighted by Crippen LogP contribution is 2.42. The number of pyridine rings is 1. The molecule has 110 valence electrons. The van der Waals surface area contributed by atoms with E-state index in [0.717, 1.165) is 12.8 Å². The molecule has 8 heteroatoms. The molecule has 2 heterocycles. The molecule has 8 nitrogen and oxygen atoms in total. The lowest BCUT2D eigenvalue weighted by atomic mass is 10.1. The minimum atomic E-state index is -0.855. The highest BCUT2D eigenvalue weighted by molar-refractivity contribution is 5.68. The van der Waals surface area contributed by atoms with E-state index in [2.05, 4.69) is 20.5 Å². The molecule has 0 aliphatic heterocycles. The zero-order valence-corrected chi connectivity index (χ0v) is 11.5. The van der Waals surface area contributed by atoms with Gasteiger partial charge in [-0.2, -0.15) is 0 Å². The van der Waals surface area contributed by atoms with Crippen LogP contribution in [0.4, 0.5) is 0 Å². The Balaban J connectivity index is 2.01. The van der Waals surface area contributed by atoms with Crippen molar-refractivity contribution >= 4 is 5.97 Å². The van der Waals surface area contributed by atoms with E-state index < -0.39 is 5.97 Å². The molecule has 0 saturated heterocycles. The summed E-state index contributed by atoms with van der Waals surface area (Å²) in [5.74, 6) is 0.356. The number of nitrogens with zero attached hydrogens (tertiary/aromatic N) is 5. The maximum atomic E-state index is 11.1. The lowest BCUT2D eigenvalue weighted by Gasteiger charge is -2.16. The number of rotatable bonds is 6. The third kappa shape index (κ3) is 2.69. The molecule has 2 aromatic rings. The van der Waals surface area contributed by atoms with Gasteiger partial charge in [-0.15, -0.1) is 5.10 Å². The van der Waals surface area contributed by atoms with Gasteiger partial charge in [0, 0.05) is 6.20 Å². The van der Waals surface area contributed by atoms with Crippen LogP contribution in [0.5, 0.6) is 5.88 Å². The van der Waals surface area contributed by atoms with Crippen molar-refractivity contribution in [2.75, 3.05) is 7.11 Å². The van der Waals surface area contributed by atoms with Crippen molar-refractivity contribution in [1.29, 1.82) is 0 Å². The second-order valence-electron chi connectivity index (χ2n) is 5.01. The molecular weight excluding hydrogens is 274 g/mol. The number of aliphatic carboxylic acids is 1. The molecule has 1 fully saturated rings. The first-order valence-corrected chi connectivity index (χ1v) is 6.69. The summed E-state index contributed by atoms with van der Waals surface area (Å²) in [6.45, 7) is 0. The Hall–Kier alpha value is -2.51. The molecule has 1 N–H and O–H groups in total. The van der Waals surface area contributed by atoms with Crippen molar-refractivity contribution < 1.29 is 14.6 Å². The second kappa shape index (κ2) is 5.47. The Labute approximate surface area is 120 Å². The smallest absolute Gasteiger partial charge is 0.305 e. The van der Waals surface area contributed by atoms with Gasteiger partial charge in [-0.1, -0.05) is 0 Å². The van der Waals surface area contributed by atoms with Crippen LogP contribution >= 0.6 is 0 Å². The Morgan fingerprint density at radius 1 is 1.57 bits per heavy atom. The van der Waals surface area contributed by atoms with Gasteiger partial charge in [0.1, 0.15) is 0 Å². The lowest BCUT2D eigenvalue weighted by Crippen LogP contribution is -2.18. The van der Waals surface area contributed by atoms with Crippen LogP contribution in [0.1, 0.15) is 25.3 Å². The van der Waals surface area contributed by atoms with E-state index >= 15 is 0 Å². The first kappa shape index (κ1) is 13.5. The summed E-state index contributed by atoms with van der Waals surface area (Å²) in [6, 6.07) is 3.33. The number of carboxylic acid groups (broad SMARTS) is 1. The van der Waals surface area contributed by atoms with E-state index in [1.807, 2.05) is 0 Å². The van der Waals surface area contributed by atoms with Gasteiger partial charge in [0.2, 0.25) is 5.88 Å². The first-order chi connectivity index (χ1) is 10.2. The summed E-state index contributed by atoms with van der Waals surface area (Å²) in [4.78, 5) is 15.2. The minimum Gasteiger partial charge on any atom is -0.481 e. The molecule has 1 atom stereocenters. The fraction of sp³-hybridized carbons (Fsp3) is 0.462. The van der Waals surface area contributed by atoms with Crippen LogP contribution in [0.2, 0.25) is 0 Å². The predicted octanol–water partition coefficient (Wildman–Crippen LogP) is 1.17. The summed E-state index contributed by atoms with van der Waals surface area (Å²) in [7, 11) is 1.52. The van der Waals surface area contributed by atoms with Crippen LogP contribution in [0.25, 0.3) is 11.4 Å². The third-order valence-electron chi connectivity index (χ3n) is 3.56. The summed E-state index contributed by atoms with van der Waals surface area (Å²) in [5, 5.41) is 20.8. The average molecular weight is 289 g/mol. The molecule has 3 rings (SSSR count). The fourth-order valence-corrected chi connectivity index (χ4v) is 2.43. The SMILES string of the molecule is COc1ncccc1-c1nnnn1C(CC(=O)O)C1CC1. The number of tetrazole rings is 1. The van der Waals surface area contributed by atoms with Gasteiger partial charge in [0.15, 0.2) is 5.82 Å². The van der Waals surface area contributed by atoms with Crippen LogP contribution in [0.15, 0.2) is 18.3 Å². The van der Waals surface area contributed by atoms with Gasteiger partial charge in [0.05, 0.1) is 25.1 Å². The van der Waals surface area contributed by atoms with Crippen molar-refractivity contribution in [2.24, 2.45) is 5.92 Å². The van der Waals surface area contributed by atoms with Gasteiger partial charge in [0.25, 0.3) is 0 Å². The normalized spacial score (nSPS) is 15.7. The molecule has 0 spiro atoms. The van der Waals surface area contributed by atoms with Gasteiger partial charge in [-0.25, -0.2) is 9.67 Å². The van der Waals surface area contributed by atoms with E-state index in [1.165, 1.54) is 7.11 Å². The van der Waals surface area contributed by atoms with E-state index in [0.29, 0.717) is 23.2 Å². The monoisotopic (exact) mass is 289 g/mol. The third-order valence-corrected chi connectivity index (χ3v) is 3.56. The number of aromatic nitrogens is 5. The van der Waals surface area contributed by atoms with Gasteiger partial charge >= 0.3 is 5.97 Å². The first-order valence-electron chi connectivity index (χ1n) is 6.69. The van der Waals surface area contributed by atoms with Crippen LogP contribution < -0.4 is 4.74 Å². The quantitative estimate of drug-likeness (QED) is 0.851. The zero-order chi connectivity index (χ0) is 14.8. The van der Waals surface area contributed by atoms with Crippen molar-refractivity contribution in [1.82, 2.24) is 25.2 Å². The van der Waals surface area contributed by atoms with Crippen LogP contribution in [-0.2, 0) is 4.79 Å². The Morgan fingerprint density at radius 3 is 3.05 bits per heavy atom. The number of hydrogen-bond acceptors (Lipinski definition) is 6. The van der Waals surface area contributed by atoms with Crippen LogP contribution in [-0.4, -0.2) is 43.4 Å². The van der Waals surface area contributed by atoms with Gasteiger partial charge in [-0.05, 0) is 41.3 Å². The molecule has 1 aliphatic carbocycles. The summed E-state index contributed by atoms with van der Waals surface area (Å²) >= 11 is 0. The molecule has 0 bridgehead atoms. The predicted molar refractivity (Wildman–Crippen MR) is 71.6 cm³/mol. The van der Waals surface area contributed by atoms with E-state index in [-0.39, 0.29) is 12.5 Å². The fourth-order valence-electron chi connectivity index (χ4n) is 2.43. The van der Waals surface area contributed by atoms with Gasteiger partial charge < -0.3 is 9.84 Å². The number of hydrogen-bond donors (Lipinski definition) is 1. The lowest BCUT2D eigenvalue weighted by molar-refractivity contribution is -0.138. The van der Waals surface area contributed by atoms with Crippen molar-refractivity contribution in [3.8, 4) is 17.3 Å². The van der Waals surface area contributed by atoms with Crippen molar-refractivity contribution in [2.45, 2.75) is 25.3 Å². The molecule has 2 aromatic heterocycles. The largest absolute Gasteiger partial charge is 0.481 e. The molecule has 0 aromatic carbocycles. The van der Waals surface area contributed by atoms with Crippen molar-refractivity contribution in [3.05, 3.63) is 18.3 Å². The molecule has 0 radical (unpaired) electrons. The maximum Gasteiger partial charge on any atom is 0.305 e. The van der Waals surface area contributed by atoms with Crippen LogP contribution in [0.3, 0.4) is 0 Å². The molecular formula is C13H15N5O3. The van der Waals surface area contributed by atoms with Crippen molar-refractivity contribution in [3.63, 3.8) is 0 Å². The number of carboxylic acids is 1. The molecule has 1 saturated carbocycles. The topological polar surface area (TPSA) is 103 Å². The highest BCUT2D eigenvalue weighted by atomic mass is 16.5. The summed E-state index contributed by atoms with van der Waals surface area (Å²) < 4.78 is 6.81. The number of methoxy groups -OCH3 is 1. The molecule has 0 amide bonds. The second-order valence-corrected chi connectivity index (χ2v) is 5.01. The summed E-state index contributed by atoms with van der Waals surface area (Å²) in [5.41, 5.74) is 0.654. The van der Waals surface area contributed by atoms with Gasteiger partial charge in [-0.3, -0.25) is 4.79 Å². The minimum absolute atomic E-state index is 0.00524. The van der Waals surface area contributed by atoms with E-state index in [9.17, 15) is 4.79 Å². The summed E-state index contributed by atoms with van der Waals surface area (Å²) in [6.07, 6.45) is 3.63. The molecule has 21 heavy (non-hydrogen) atoms.